The molecule has 1 fully saturated rings. The monoisotopic (exact) mass is 214 g/mol. The molecule has 0 spiro atoms. The highest BCUT2D eigenvalue weighted by Crippen LogP contribution is 2.49. The van der Waals surface area contributed by atoms with E-state index < -0.39 is 15.7 Å². The molecule has 0 saturated heterocycles. The van der Waals surface area contributed by atoms with Crippen LogP contribution in [0.4, 0.5) is 0 Å². The molecule has 0 amide bonds. The molecule has 0 aromatic heterocycles. The molecule has 1 rings (SSSR count). The molecule has 1 unspecified atom stereocenters. The smallest absolute Gasteiger partial charge is 0.216 e. The Bertz CT molecular complexity index is 198. The summed E-state index contributed by atoms with van der Waals surface area (Å²) in [5.74, 6) is -2.32. The first-order valence-corrected chi connectivity index (χ1v) is 4.34. The Morgan fingerprint density at radius 1 is 1.25 bits per heavy atom. The average molecular weight is 215 g/mol. The van der Waals surface area contributed by atoms with Crippen LogP contribution in [0.2, 0.25) is 0 Å². The topological polar surface area (TPSA) is 92.5 Å². The molecule has 12 heavy (non-hydrogen) atoms. The van der Waals surface area contributed by atoms with Crippen LogP contribution in [0, 0.1) is 0 Å². The fraction of sp³-hybridized carbons (Fsp3) is 1.00. The summed E-state index contributed by atoms with van der Waals surface area (Å²) in [5.41, 5.74) is 9.61. The van der Waals surface area contributed by atoms with Crippen molar-refractivity contribution in [1.29, 1.82) is 0 Å². The van der Waals surface area contributed by atoms with Crippen LogP contribution in [0.1, 0.15) is 12.8 Å². The van der Waals surface area contributed by atoms with Crippen LogP contribution >= 0.6 is 23.2 Å². The van der Waals surface area contributed by atoms with Gasteiger partial charge in [-0.25, -0.2) is 0 Å². The van der Waals surface area contributed by atoms with Gasteiger partial charge in [-0.1, -0.05) is 23.2 Å². The van der Waals surface area contributed by atoms with E-state index in [-0.39, 0.29) is 13.0 Å². The molecule has 0 aromatic rings. The zero-order chi connectivity index (χ0) is 9.62. The lowest BCUT2D eigenvalue weighted by Crippen LogP contribution is -2.66. The van der Waals surface area contributed by atoms with E-state index in [9.17, 15) is 10.2 Å². The molecule has 0 heterocycles. The van der Waals surface area contributed by atoms with Crippen LogP contribution in [0.15, 0.2) is 0 Å². The van der Waals surface area contributed by atoms with Crippen molar-refractivity contribution in [2.24, 2.45) is 11.5 Å². The molecule has 72 valence electrons. The largest absolute Gasteiger partial charge is 0.362 e. The number of aliphatic hydroxyl groups is 2. The van der Waals surface area contributed by atoms with Gasteiger partial charge in [-0.05, 0) is 12.8 Å². The SMILES string of the molecule is NCC1(N)CCC(Cl)(Cl)C1(O)O. The predicted octanol–water partition coefficient (Wildman–Crippen LogP) is -0.709. The van der Waals surface area contributed by atoms with Crippen LogP contribution in [-0.2, 0) is 0 Å². The summed E-state index contributed by atoms with van der Waals surface area (Å²) < 4.78 is -1.62. The first-order chi connectivity index (χ1) is 5.27. The minimum absolute atomic E-state index is 0.0683. The second-order valence-electron chi connectivity index (χ2n) is 3.24. The van der Waals surface area contributed by atoms with Crippen LogP contribution in [0.3, 0.4) is 0 Å². The Morgan fingerprint density at radius 2 is 1.75 bits per heavy atom. The first-order valence-electron chi connectivity index (χ1n) is 3.58. The molecule has 0 aromatic carbocycles. The lowest BCUT2D eigenvalue weighted by molar-refractivity contribution is -0.196. The van der Waals surface area contributed by atoms with Gasteiger partial charge in [0.05, 0.1) is 5.54 Å². The van der Waals surface area contributed by atoms with Crippen molar-refractivity contribution >= 4 is 23.2 Å². The molecular formula is C6H12Cl2N2O2. The normalized spacial score (nSPS) is 38.5. The zero-order valence-electron chi connectivity index (χ0n) is 6.43. The summed E-state index contributed by atoms with van der Waals surface area (Å²) in [4.78, 5) is 0. The summed E-state index contributed by atoms with van der Waals surface area (Å²) in [6, 6.07) is 0. The van der Waals surface area contributed by atoms with Crippen LogP contribution < -0.4 is 11.5 Å². The highest BCUT2D eigenvalue weighted by Gasteiger charge is 2.64. The van der Waals surface area contributed by atoms with Crippen LogP contribution in [-0.4, -0.2) is 32.4 Å². The van der Waals surface area contributed by atoms with E-state index >= 15 is 0 Å². The summed E-state index contributed by atoms with van der Waals surface area (Å²) in [7, 11) is 0. The lowest BCUT2D eigenvalue weighted by Gasteiger charge is -2.38. The van der Waals surface area contributed by atoms with E-state index in [1.54, 1.807) is 0 Å². The predicted molar refractivity (Wildman–Crippen MR) is 46.8 cm³/mol. The highest BCUT2D eigenvalue weighted by atomic mass is 35.5. The Labute approximate surface area is 80.4 Å². The maximum Gasteiger partial charge on any atom is 0.216 e. The van der Waals surface area contributed by atoms with E-state index in [0.29, 0.717) is 6.42 Å². The molecular weight excluding hydrogens is 203 g/mol. The Balaban J connectivity index is 3.00. The quantitative estimate of drug-likeness (QED) is 0.343. The summed E-state index contributed by atoms with van der Waals surface area (Å²) in [6.45, 7) is -0.0683. The molecule has 1 aliphatic rings. The fourth-order valence-corrected chi connectivity index (χ4v) is 1.90. The number of alkyl halides is 2. The maximum absolute atomic E-state index is 9.53. The molecule has 1 saturated carbocycles. The summed E-state index contributed by atoms with van der Waals surface area (Å²) >= 11 is 11.3. The van der Waals surface area contributed by atoms with E-state index in [0.717, 1.165) is 0 Å². The van der Waals surface area contributed by atoms with E-state index in [4.69, 9.17) is 34.7 Å². The van der Waals surface area contributed by atoms with Gasteiger partial charge in [0.1, 0.15) is 0 Å². The number of halogens is 2. The first kappa shape index (κ1) is 10.5. The maximum atomic E-state index is 9.53. The van der Waals surface area contributed by atoms with Crippen LogP contribution in [0.25, 0.3) is 0 Å². The average Bonchev–Trinajstić information content (AvgIpc) is 2.12. The lowest BCUT2D eigenvalue weighted by atomic mass is 9.93. The zero-order valence-corrected chi connectivity index (χ0v) is 7.94. The van der Waals surface area contributed by atoms with Gasteiger partial charge in [0.25, 0.3) is 0 Å². The van der Waals surface area contributed by atoms with E-state index in [2.05, 4.69) is 0 Å². The van der Waals surface area contributed by atoms with Crippen molar-refractivity contribution in [2.75, 3.05) is 6.54 Å². The van der Waals surface area contributed by atoms with E-state index in [1.165, 1.54) is 0 Å². The van der Waals surface area contributed by atoms with Gasteiger partial charge in [0.15, 0.2) is 4.33 Å². The van der Waals surface area contributed by atoms with Gasteiger partial charge in [0, 0.05) is 6.54 Å². The standard InChI is InChI=1S/C6H12Cl2N2O2/c7-5(8)2-1-4(10,3-9)6(5,11)12/h11-12H,1-3,9-10H2. The number of hydrogen-bond acceptors (Lipinski definition) is 4. The van der Waals surface area contributed by atoms with Gasteiger partial charge in [-0.3, -0.25) is 0 Å². The second-order valence-corrected chi connectivity index (χ2v) is 4.72. The van der Waals surface area contributed by atoms with Crippen LogP contribution in [0.5, 0.6) is 0 Å². The summed E-state index contributed by atoms with van der Waals surface area (Å²) in [6.07, 6.45) is 0.514. The third-order valence-electron chi connectivity index (χ3n) is 2.45. The number of hydrogen-bond donors (Lipinski definition) is 4. The molecule has 4 nitrogen and oxygen atoms in total. The van der Waals surface area contributed by atoms with Crippen molar-refractivity contribution in [3.05, 3.63) is 0 Å². The third kappa shape index (κ3) is 1.14. The molecule has 0 radical (unpaired) electrons. The minimum Gasteiger partial charge on any atom is -0.362 e. The molecule has 0 aliphatic heterocycles. The van der Waals surface area contributed by atoms with Crippen molar-refractivity contribution in [2.45, 2.75) is 28.5 Å². The minimum atomic E-state index is -2.32. The van der Waals surface area contributed by atoms with Gasteiger partial charge < -0.3 is 21.7 Å². The van der Waals surface area contributed by atoms with Crippen molar-refractivity contribution in [1.82, 2.24) is 0 Å². The van der Waals surface area contributed by atoms with Crippen molar-refractivity contribution in [3.63, 3.8) is 0 Å². The van der Waals surface area contributed by atoms with Gasteiger partial charge >= 0.3 is 0 Å². The third-order valence-corrected chi connectivity index (χ3v) is 3.36. The fourth-order valence-electron chi connectivity index (χ4n) is 1.34. The van der Waals surface area contributed by atoms with Gasteiger partial charge in [0.2, 0.25) is 5.79 Å². The summed E-state index contributed by atoms with van der Waals surface area (Å²) in [5, 5.41) is 19.1. The Kier molecular flexibility index (Phi) is 2.36. The van der Waals surface area contributed by atoms with Gasteiger partial charge in [-0.2, -0.15) is 0 Å². The van der Waals surface area contributed by atoms with E-state index in [1.807, 2.05) is 0 Å². The van der Waals surface area contributed by atoms with Crippen molar-refractivity contribution < 1.29 is 10.2 Å². The second kappa shape index (κ2) is 2.70. The molecule has 0 bridgehead atoms. The number of nitrogens with two attached hydrogens (primary N) is 2. The molecule has 6 N–H and O–H groups in total. The molecule has 1 atom stereocenters. The Hall–Kier alpha value is 0.420. The molecule has 1 aliphatic carbocycles. The molecule has 6 heteroatoms. The van der Waals surface area contributed by atoms with Gasteiger partial charge in [-0.15, -0.1) is 0 Å². The Morgan fingerprint density at radius 3 is 1.92 bits per heavy atom. The highest BCUT2D eigenvalue weighted by molar-refractivity contribution is 6.49. The number of rotatable bonds is 1. The van der Waals surface area contributed by atoms with Crippen molar-refractivity contribution in [3.8, 4) is 0 Å².